The van der Waals surface area contributed by atoms with Gasteiger partial charge in [-0.15, -0.1) is 0 Å². The van der Waals surface area contributed by atoms with Gasteiger partial charge >= 0.3 is 0 Å². The Bertz CT molecular complexity index is 716. The van der Waals surface area contributed by atoms with Crippen LogP contribution in [0.15, 0.2) is 28.1 Å². The summed E-state index contributed by atoms with van der Waals surface area (Å²) >= 11 is 5.16. The van der Waals surface area contributed by atoms with Gasteiger partial charge in [-0.1, -0.05) is 23.5 Å². The van der Waals surface area contributed by atoms with Gasteiger partial charge in [0, 0.05) is 13.6 Å². The van der Waals surface area contributed by atoms with Gasteiger partial charge < -0.3 is 9.64 Å². The molecule has 1 aromatic carbocycles. The van der Waals surface area contributed by atoms with E-state index in [-0.39, 0.29) is 5.41 Å². The number of hydrogen-bond acceptors (Lipinski definition) is 5. The number of nitriles is 1. The highest BCUT2D eigenvalue weighted by molar-refractivity contribution is 9.11. The second kappa shape index (κ2) is 5.90. The summed E-state index contributed by atoms with van der Waals surface area (Å²) in [6.07, 6.45) is 1.82. The van der Waals surface area contributed by atoms with Crippen molar-refractivity contribution in [3.63, 3.8) is 0 Å². The molecule has 22 heavy (non-hydrogen) atoms. The molecule has 0 spiro atoms. The quantitative estimate of drug-likeness (QED) is 0.786. The van der Waals surface area contributed by atoms with Gasteiger partial charge in [-0.25, -0.2) is 4.98 Å². The zero-order valence-corrected chi connectivity index (χ0v) is 14.9. The molecule has 114 valence electrons. The van der Waals surface area contributed by atoms with Crippen LogP contribution in [0, 0.1) is 11.3 Å². The highest BCUT2D eigenvalue weighted by Crippen LogP contribution is 2.51. The molecule has 0 amide bonds. The van der Waals surface area contributed by atoms with Gasteiger partial charge in [0.05, 0.1) is 22.7 Å². The minimum absolute atomic E-state index is 0.353. The molecule has 2 aromatic rings. The highest BCUT2D eigenvalue weighted by atomic mass is 79.9. The Morgan fingerprint density at radius 3 is 2.64 bits per heavy atom. The minimum atomic E-state index is -0.353. The summed E-state index contributed by atoms with van der Waals surface area (Å²) < 4.78 is 6.15. The summed E-state index contributed by atoms with van der Waals surface area (Å²) in [7, 11) is 3.68. The summed E-state index contributed by atoms with van der Waals surface area (Å²) in [5.74, 6) is 0.857. The zero-order valence-electron chi connectivity index (χ0n) is 12.5. The van der Waals surface area contributed by atoms with Crippen LogP contribution in [0.25, 0.3) is 0 Å². The lowest BCUT2D eigenvalue weighted by atomic mass is 10.1. The molecule has 0 atom stereocenters. The Labute approximate surface area is 142 Å². The maximum atomic E-state index is 9.34. The van der Waals surface area contributed by atoms with Crippen molar-refractivity contribution in [2.45, 2.75) is 24.8 Å². The highest BCUT2D eigenvalue weighted by Gasteiger charge is 2.48. The second-order valence-electron chi connectivity index (χ2n) is 5.52. The monoisotopic (exact) mass is 377 g/mol. The van der Waals surface area contributed by atoms with Crippen LogP contribution >= 0.6 is 27.3 Å². The summed E-state index contributed by atoms with van der Waals surface area (Å²) in [5, 5.41) is 10.3. The Kier molecular flexibility index (Phi) is 4.11. The summed E-state index contributed by atoms with van der Waals surface area (Å²) in [4.78, 5) is 6.80. The van der Waals surface area contributed by atoms with Crippen LogP contribution in [-0.2, 0) is 12.0 Å². The van der Waals surface area contributed by atoms with Crippen molar-refractivity contribution in [1.82, 2.24) is 4.98 Å². The summed E-state index contributed by atoms with van der Waals surface area (Å²) in [6.45, 7) is 0.767. The van der Waals surface area contributed by atoms with Gasteiger partial charge in [0.1, 0.15) is 11.2 Å². The van der Waals surface area contributed by atoms with E-state index in [9.17, 15) is 5.26 Å². The van der Waals surface area contributed by atoms with Crippen molar-refractivity contribution in [2.24, 2.45) is 0 Å². The van der Waals surface area contributed by atoms with E-state index in [0.29, 0.717) is 0 Å². The normalized spacial score (nSPS) is 15.2. The fourth-order valence-electron chi connectivity index (χ4n) is 2.35. The average Bonchev–Trinajstić information content (AvgIpc) is 3.23. The first-order valence-electron chi connectivity index (χ1n) is 7.00. The summed E-state index contributed by atoms with van der Waals surface area (Å²) in [5.41, 5.74) is 1.74. The molecule has 0 bridgehead atoms. The SMILES string of the molecule is COc1ccc(CN(C)c2nc(C3(C#N)CC3)c(Br)s2)cc1. The van der Waals surface area contributed by atoms with Gasteiger partial charge in [0.2, 0.25) is 0 Å². The van der Waals surface area contributed by atoms with E-state index < -0.39 is 0 Å². The van der Waals surface area contributed by atoms with Crippen LogP contribution < -0.4 is 9.64 Å². The van der Waals surface area contributed by atoms with E-state index in [0.717, 1.165) is 39.7 Å². The van der Waals surface area contributed by atoms with Crippen molar-refractivity contribution >= 4 is 32.4 Å². The number of hydrogen-bond donors (Lipinski definition) is 0. The molecule has 4 nitrogen and oxygen atoms in total. The summed E-state index contributed by atoms with van der Waals surface area (Å²) in [6, 6.07) is 10.4. The van der Waals surface area contributed by atoms with Gasteiger partial charge in [-0.2, -0.15) is 5.26 Å². The van der Waals surface area contributed by atoms with Crippen LogP contribution in [-0.4, -0.2) is 19.1 Å². The molecule has 3 rings (SSSR count). The predicted molar refractivity (Wildman–Crippen MR) is 91.4 cm³/mol. The molecule has 1 heterocycles. The van der Waals surface area contributed by atoms with Gasteiger partial charge in [0.15, 0.2) is 5.13 Å². The first kappa shape index (κ1) is 15.3. The molecule has 0 aliphatic heterocycles. The minimum Gasteiger partial charge on any atom is -0.497 e. The molecular formula is C16H16BrN3OS. The third-order valence-electron chi connectivity index (χ3n) is 3.90. The van der Waals surface area contributed by atoms with Crippen molar-refractivity contribution in [1.29, 1.82) is 5.26 Å². The molecule has 0 unspecified atom stereocenters. The van der Waals surface area contributed by atoms with Crippen LogP contribution in [0.3, 0.4) is 0 Å². The molecule has 1 aromatic heterocycles. The molecule has 0 N–H and O–H groups in total. The average molecular weight is 378 g/mol. The molecule has 6 heteroatoms. The van der Waals surface area contributed by atoms with E-state index in [2.05, 4.69) is 39.0 Å². The molecule has 1 fully saturated rings. The molecular weight excluding hydrogens is 362 g/mol. The van der Waals surface area contributed by atoms with Crippen LogP contribution in [0.4, 0.5) is 5.13 Å². The van der Waals surface area contributed by atoms with E-state index >= 15 is 0 Å². The lowest BCUT2D eigenvalue weighted by Crippen LogP contribution is -2.16. The predicted octanol–water partition coefficient (Wildman–Crippen LogP) is 4.11. The standard InChI is InChI=1S/C16H16BrN3OS/c1-20(9-11-3-5-12(21-2)6-4-11)15-19-13(14(17)22-15)16(10-18)7-8-16/h3-6H,7-9H2,1-2H3. The van der Waals surface area contributed by atoms with Crippen molar-refractivity contribution in [3.05, 3.63) is 39.3 Å². The van der Waals surface area contributed by atoms with Crippen LogP contribution in [0.1, 0.15) is 24.1 Å². The second-order valence-corrected chi connectivity index (χ2v) is 7.81. The fourth-order valence-corrected chi connectivity index (χ4v) is 4.11. The van der Waals surface area contributed by atoms with E-state index in [1.54, 1.807) is 18.4 Å². The maximum Gasteiger partial charge on any atom is 0.186 e. The first-order chi connectivity index (χ1) is 10.6. The number of halogens is 1. The van der Waals surface area contributed by atoms with Gasteiger partial charge in [-0.3, -0.25) is 0 Å². The third kappa shape index (κ3) is 2.83. The first-order valence-corrected chi connectivity index (χ1v) is 8.61. The molecule has 1 saturated carbocycles. The van der Waals surface area contributed by atoms with Crippen molar-refractivity contribution < 1.29 is 4.74 Å². The number of ether oxygens (including phenoxy) is 1. The van der Waals surface area contributed by atoms with Crippen molar-refractivity contribution in [2.75, 3.05) is 19.1 Å². The van der Waals surface area contributed by atoms with Gasteiger partial charge in [-0.05, 0) is 46.5 Å². The van der Waals surface area contributed by atoms with Crippen LogP contribution in [0.5, 0.6) is 5.75 Å². The molecule has 0 saturated heterocycles. The fraction of sp³-hybridized carbons (Fsp3) is 0.375. The number of nitrogens with zero attached hydrogens (tertiary/aromatic N) is 3. The molecule has 1 aliphatic carbocycles. The number of methoxy groups -OCH3 is 1. The van der Waals surface area contributed by atoms with Gasteiger partial charge in [0.25, 0.3) is 0 Å². The number of aromatic nitrogens is 1. The number of anilines is 1. The zero-order chi connectivity index (χ0) is 15.7. The number of thiazole rings is 1. The molecule has 0 radical (unpaired) electrons. The number of rotatable bonds is 5. The topological polar surface area (TPSA) is 49.1 Å². The Morgan fingerprint density at radius 2 is 2.09 bits per heavy atom. The largest absolute Gasteiger partial charge is 0.497 e. The van der Waals surface area contributed by atoms with E-state index in [1.165, 1.54) is 5.56 Å². The number of benzene rings is 1. The smallest absolute Gasteiger partial charge is 0.186 e. The van der Waals surface area contributed by atoms with Crippen LogP contribution in [0.2, 0.25) is 0 Å². The Hall–Kier alpha value is -1.58. The lowest BCUT2D eigenvalue weighted by Gasteiger charge is -2.16. The third-order valence-corrected chi connectivity index (χ3v) is 5.72. The van der Waals surface area contributed by atoms with Crippen molar-refractivity contribution in [3.8, 4) is 11.8 Å². The molecule has 1 aliphatic rings. The van der Waals surface area contributed by atoms with E-state index in [4.69, 9.17) is 9.72 Å². The lowest BCUT2D eigenvalue weighted by molar-refractivity contribution is 0.414. The Morgan fingerprint density at radius 1 is 1.41 bits per heavy atom. The maximum absolute atomic E-state index is 9.34. The Balaban J connectivity index is 1.76. The van der Waals surface area contributed by atoms with E-state index in [1.807, 2.05) is 19.2 Å².